The van der Waals surface area contributed by atoms with Crippen molar-refractivity contribution in [1.29, 1.82) is 0 Å². The molecule has 0 aliphatic rings. The Hall–Kier alpha value is 0.140. The fourth-order valence-electron chi connectivity index (χ4n) is 1.31. The molecule has 0 radical (unpaired) electrons. The molecule has 0 amide bonds. The van der Waals surface area contributed by atoms with Crippen LogP contribution >= 0.6 is 27.3 Å². The lowest BCUT2D eigenvalue weighted by Gasteiger charge is -2.19. The van der Waals surface area contributed by atoms with Crippen LogP contribution in [-0.2, 0) is 0 Å². The minimum Gasteiger partial charge on any atom is -0.309 e. The standard InChI is InChI=1S/C12H20BrNS/c1-8(2)9(3)7-14-10(4)12-11(13)5-6-15-12/h5-6,8-10,14H,7H2,1-4H3. The van der Waals surface area contributed by atoms with Crippen molar-refractivity contribution in [2.45, 2.75) is 33.7 Å². The summed E-state index contributed by atoms with van der Waals surface area (Å²) in [6.07, 6.45) is 0. The van der Waals surface area contributed by atoms with Gasteiger partial charge < -0.3 is 5.32 Å². The molecule has 1 nitrogen and oxygen atoms in total. The molecule has 0 aliphatic heterocycles. The van der Waals surface area contributed by atoms with Crippen LogP contribution < -0.4 is 5.32 Å². The SMILES string of the molecule is CC(NCC(C)C(C)C)c1sccc1Br. The summed E-state index contributed by atoms with van der Waals surface area (Å²) in [4.78, 5) is 1.39. The van der Waals surface area contributed by atoms with Crippen LogP contribution in [0.25, 0.3) is 0 Å². The molecular weight excluding hydrogens is 270 g/mol. The second-order valence-electron chi connectivity index (χ2n) is 4.48. The van der Waals surface area contributed by atoms with Crippen molar-refractivity contribution in [2.24, 2.45) is 11.8 Å². The molecule has 0 aromatic carbocycles. The Kier molecular flexibility index (Phi) is 5.30. The number of thiophene rings is 1. The van der Waals surface area contributed by atoms with Gasteiger partial charge in [-0.3, -0.25) is 0 Å². The van der Waals surface area contributed by atoms with Gasteiger partial charge >= 0.3 is 0 Å². The molecule has 0 fully saturated rings. The quantitative estimate of drug-likeness (QED) is 0.844. The van der Waals surface area contributed by atoms with Crippen LogP contribution in [0.5, 0.6) is 0 Å². The van der Waals surface area contributed by atoms with Crippen molar-refractivity contribution < 1.29 is 0 Å². The second kappa shape index (κ2) is 6.02. The second-order valence-corrected chi connectivity index (χ2v) is 6.29. The summed E-state index contributed by atoms with van der Waals surface area (Å²) in [7, 11) is 0. The van der Waals surface area contributed by atoms with E-state index in [1.807, 2.05) is 11.3 Å². The van der Waals surface area contributed by atoms with Gasteiger partial charge in [0, 0.05) is 15.4 Å². The summed E-state index contributed by atoms with van der Waals surface area (Å²) in [5.74, 6) is 1.47. The highest BCUT2D eigenvalue weighted by atomic mass is 79.9. The molecule has 86 valence electrons. The van der Waals surface area contributed by atoms with Crippen LogP contribution in [0.4, 0.5) is 0 Å². The zero-order valence-corrected chi connectivity index (χ0v) is 12.3. The van der Waals surface area contributed by atoms with Crippen molar-refractivity contribution in [3.8, 4) is 0 Å². The van der Waals surface area contributed by atoms with Crippen LogP contribution in [0.3, 0.4) is 0 Å². The van der Waals surface area contributed by atoms with Gasteiger partial charge in [0.25, 0.3) is 0 Å². The smallest absolute Gasteiger partial charge is 0.0397 e. The molecule has 15 heavy (non-hydrogen) atoms. The number of nitrogens with one attached hydrogen (secondary N) is 1. The van der Waals surface area contributed by atoms with Gasteiger partial charge in [-0.2, -0.15) is 0 Å². The summed E-state index contributed by atoms with van der Waals surface area (Å²) in [5, 5.41) is 5.72. The average Bonchev–Trinajstić information content (AvgIpc) is 2.60. The molecule has 3 heteroatoms. The largest absolute Gasteiger partial charge is 0.309 e. The van der Waals surface area contributed by atoms with Crippen LogP contribution in [0.15, 0.2) is 15.9 Å². The highest BCUT2D eigenvalue weighted by Crippen LogP contribution is 2.28. The summed E-state index contributed by atoms with van der Waals surface area (Å²) in [6, 6.07) is 2.56. The Morgan fingerprint density at radius 3 is 2.47 bits per heavy atom. The summed E-state index contributed by atoms with van der Waals surface area (Å²) < 4.78 is 1.23. The van der Waals surface area contributed by atoms with Gasteiger partial charge in [-0.05, 0) is 52.7 Å². The summed E-state index contributed by atoms with van der Waals surface area (Å²) >= 11 is 5.38. The van der Waals surface area contributed by atoms with Crippen molar-refractivity contribution >= 4 is 27.3 Å². The average molecular weight is 290 g/mol. The van der Waals surface area contributed by atoms with Crippen LogP contribution in [-0.4, -0.2) is 6.54 Å². The van der Waals surface area contributed by atoms with Crippen LogP contribution in [0.1, 0.15) is 38.6 Å². The molecule has 0 spiro atoms. The van der Waals surface area contributed by atoms with E-state index in [0.717, 1.165) is 18.4 Å². The van der Waals surface area contributed by atoms with E-state index in [9.17, 15) is 0 Å². The molecule has 1 heterocycles. The van der Waals surface area contributed by atoms with E-state index in [1.54, 1.807) is 0 Å². The molecule has 0 saturated carbocycles. The Bertz CT molecular complexity index is 296. The van der Waals surface area contributed by atoms with Gasteiger partial charge in [0.05, 0.1) is 0 Å². The maximum Gasteiger partial charge on any atom is 0.0397 e. The number of hydrogen-bond donors (Lipinski definition) is 1. The van der Waals surface area contributed by atoms with Gasteiger partial charge in [-0.25, -0.2) is 0 Å². The number of hydrogen-bond acceptors (Lipinski definition) is 2. The summed E-state index contributed by atoms with van der Waals surface area (Å²) in [6.45, 7) is 10.2. The Labute approximate surface area is 105 Å². The maximum absolute atomic E-state index is 3.59. The molecule has 2 unspecified atom stereocenters. The third-order valence-corrected chi connectivity index (χ3v) is 4.98. The fraction of sp³-hybridized carbons (Fsp3) is 0.667. The highest BCUT2D eigenvalue weighted by molar-refractivity contribution is 9.10. The van der Waals surface area contributed by atoms with Crippen molar-refractivity contribution in [1.82, 2.24) is 5.32 Å². The predicted octanol–water partition coefficient (Wildman–Crippen LogP) is 4.45. The van der Waals surface area contributed by atoms with Gasteiger partial charge in [0.15, 0.2) is 0 Å². The first-order valence-electron chi connectivity index (χ1n) is 5.48. The predicted molar refractivity (Wildman–Crippen MR) is 72.4 cm³/mol. The van der Waals surface area contributed by atoms with E-state index in [-0.39, 0.29) is 0 Å². The molecule has 1 rings (SSSR count). The van der Waals surface area contributed by atoms with E-state index in [1.165, 1.54) is 9.35 Å². The first-order chi connectivity index (χ1) is 7.02. The lowest BCUT2D eigenvalue weighted by molar-refractivity contribution is 0.376. The third kappa shape index (κ3) is 3.89. The topological polar surface area (TPSA) is 12.0 Å². The van der Waals surface area contributed by atoms with Gasteiger partial charge in [0.1, 0.15) is 0 Å². The van der Waals surface area contributed by atoms with E-state index >= 15 is 0 Å². The number of rotatable bonds is 5. The highest BCUT2D eigenvalue weighted by Gasteiger charge is 2.12. The van der Waals surface area contributed by atoms with Crippen molar-refractivity contribution in [3.05, 3.63) is 20.8 Å². The molecular formula is C12H20BrNS. The minimum absolute atomic E-state index is 0.445. The van der Waals surface area contributed by atoms with E-state index < -0.39 is 0 Å². The zero-order chi connectivity index (χ0) is 11.4. The van der Waals surface area contributed by atoms with Crippen molar-refractivity contribution in [3.63, 3.8) is 0 Å². The monoisotopic (exact) mass is 289 g/mol. The molecule has 2 atom stereocenters. The van der Waals surface area contributed by atoms with Gasteiger partial charge in [0.2, 0.25) is 0 Å². The van der Waals surface area contributed by atoms with Crippen LogP contribution in [0, 0.1) is 11.8 Å². The van der Waals surface area contributed by atoms with Gasteiger partial charge in [-0.15, -0.1) is 11.3 Å². The summed E-state index contributed by atoms with van der Waals surface area (Å²) in [5.41, 5.74) is 0. The molecule has 1 N–H and O–H groups in total. The van der Waals surface area contributed by atoms with Crippen molar-refractivity contribution in [2.75, 3.05) is 6.54 Å². The number of halogens is 1. The molecule has 0 saturated heterocycles. The normalized spacial score (nSPS) is 15.6. The van der Waals surface area contributed by atoms with E-state index in [0.29, 0.717) is 6.04 Å². The lowest BCUT2D eigenvalue weighted by atomic mass is 9.98. The lowest BCUT2D eigenvalue weighted by Crippen LogP contribution is -2.26. The van der Waals surface area contributed by atoms with E-state index in [4.69, 9.17) is 0 Å². The molecule has 0 aliphatic carbocycles. The Morgan fingerprint density at radius 1 is 1.33 bits per heavy atom. The maximum atomic E-state index is 3.59. The molecule has 1 aromatic heterocycles. The zero-order valence-electron chi connectivity index (χ0n) is 9.88. The van der Waals surface area contributed by atoms with E-state index in [2.05, 4.69) is 60.4 Å². The van der Waals surface area contributed by atoms with Gasteiger partial charge in [-0.1, -0.05) is 20.8 Å². The fourth-order valence-corrected chi connectivity index (χ4v) is 3.06. The first-order valence-corrected chi connectivity index (χ1v) is 7.16. The first kappa shape index (κ1) is 13.2. The Balaban J connectivity index is 2.43. The molecule has 1 aromatic rings. The third-order valence-electron chi connectivity index (χ3n) is 2.92. The Morgan fingerprint density at radius 2 is 2.00 bits per heavy atom. The minimum atomic E-state index is 0.445. The van der Waals surface area contributed by atoms with Crippen LogP contribution in [0.2, 0.25) is 0 Å². The molecule has 0 bridgehead atoms.